The zero-order chi connectivity index (χ0) is 11.0. The van der Waals surface area contributed by atoms with Gasteiger partial charge in [-0.3, -0.25) is 0 Å². The predicted octanol–water partition coefficient (Wildman–Crippen LogP) is 2.38. The molecule has 1 heterocycles. The molecule has 0 fully saturated rings. The minimum absolute atomic E-state index is 0.219. The Morgan fingerprint density at radius 1 is 1.40 bits per heavy atom. The Labute approximate surface area is 90.7 Å². The molecule has 0 amide bonds. The Bertz CT molecular complexity index is 480. The van der Waals surface area contributed by atoms with Crippen molar-refractivity contribution in [3.63, 3.8) is 0 Å². The average molecular weight is 202 g/mol. The molecule has 1 unspecified atom stereocenters. The van der Waals surface area contributed by atoms with Gasteiger partial charge in [0.2, 0.25) is 0 Å². The molecule has 2 aromatic rings. The van der Waals surface area contributed by atoms with E-state index < -0.39 is 0 Å². The Balaban J connectivity index is 2.59. The Morgan fingerprint density at radius 2 is 2.13 bits per heavy atom. The van der Waals surface area contributed by atoms with Gasteiger partial charge in [0.15, 0.2) is 0 Å². The summed E-state index contributed by atoms with van der Waals surface area (Å²) in [7, 11) is 2.09. The second-order valence-corrected chi connectivity index (χ2v) is 4.47. The zero-order valence-corrected chi connectivity index (χ0v) is 9.62. The quantitative estimate of drug-likeness (QED) is 0.796. The van der Waals surface area contributed by atoms with Crippen LogP contribution < -0.4 is 5.73 Å². The zero-order valence-electron chi connectivity index (χ0n) is 9.62. The lowest BCUT2D eigenvalue weighted by molar-refractivity contribution is 0.738. The SMILES string of the molecule is Cc1ccc2c(c1)c(CC(C)N)cn2C. The molecule has 2 rings (SSSR count). The third-order valence-electron chi connectivity index (χ3n) is 2.77. The molecule has 0 aliphatic carbocycles. The Hall–Kier alpha value is -1.28. The van der Waals surface area contributed by atoms with E-state index in [1.807, 2.05) is 0 Å². The molecule has 80 valence electrons. The molecule has 0 aliphatic heterocycles. The molecular weight excluding hydrogens is 184 g/mol. The van der Waals surface area contributed by atoms with E-state index in [9.17, 15) is 0 Å². The summed E-state index contributed by atoms with van der Waals surface area (Å²) in [5.41, 5.74) is 9.80. The largest absolute Gasteiger partial charge is 0.350 e. The van der Waals surface area contributed by atoms with Gasteiger partial charge in [-0.2, -0.15) is 0 Å². The topological polar surface area (TPSA) is 30.9 Å². The summed E-state index contributed by atoms with van der Waals surface area (Å²) in [4.78, 5) is 0. The highest BCUT2D eigenvalue weighted by Crippen LogP contribution is 2.22. The van der Waals surface area contributed by atoms with Crippen molar-refractivity contribution in [1.82, 2.24) is 4.57 Å². The summed E-state index contributed by atoms with van der Waals surface area (Å²) in [6.45, 7) is 4.18. The van der Waals surface area contributed by atoms with Crippen LogP contribution in [0.25, 0.3) is 10.9 Å². The van der Waals surface area contributed by atoms with Crippen LogP contribution in [0.2, 0.25) is 0 Å². The third-order valence-corrected chi connectivity index (χ3v) is 2.77. The summed E-state index contributed by atoms with van der Waals surface area (Å²) >= 11 is 0. The van der Waals surface area contributed by atoms with Crippen LogP contribution in [0.5, 0.6) is 0 Å². The van der Waals surface area contributed by atoms with Crippen molar-refractivity contribution in [3.8, 4) is 0 Å². The molecular formula is C13H18N2. The van der Waals surface area contributed by atoms with Gasteiger partial charge in [-0.05, 0) is 38.0 Å². The molecule has 0 saturated heterocycles. The van der Waals surface area contributed by atoms with Crippen LogP contribution in [0.3, 0.4) is 0 Å². The number of hydrogen-bond donors (Lipinski definition) is 1. The highest BCUT2D eigenvalue weighted by Gasteiger charge is 2.07. The minimum Gasteiger partial charge on any atom is -0.350 e. The smallest absolute Gasteiger partial charge is 0.0480 e. The van der Waals surface area contributed by atoms with E-state index in [-0.39, 0.29) is 6.04 Å². The molecule has 0 spiro atoms. The maximum atomic E-state index is 5.85. The summed E-state index contributed by atoms with van der Waals surface area (Å²) in [6, 6.07) is 6.79. The molecule has 0 aliphatic rings. The normalized spacial score (nSPS) is 13.3. The summed E-state index contributed by atoms with van der Waals surface area (Å²) in [6.07, 6.45) is 3.13. The summed E-state index contributed by atoms with van der Waals surface area (Å²) in [5, 5.41) is 1.34. The van der Waals surface area contributed by atoms with Crippen LogP contribution in [0.1, 0.15) is 18.1 Å². The van der Waals surface area contributed by atoms with E-state index in [1.54, 1.807) is 0 Å². The number of nitrogens with two attached hydrogens (primary N) is 1. The lowest BCUT2D eigenvalue weighted by Gasteiger charge is -2.03. The van der Waals surface area contributed by atoms with Crippen LogP contribution in [0.15, 0.2) is 24.4 Å². The van der Waals surface area contributed by atoms with Gasteiger partial charge in [-0.15, -0.1) is 0 Å². The lowest BCUT2D eigenvalue weighted by atomic mass is 10.1. The van der Waals surface area contributed by atoms with E-state index in [0.717, 1.165) is 6.42 Å². The number of fused-ring (bicyclic) bond motifs is 1. The van der Waals surface area contributed by atoms with Crippen LogP contribution in [-0.4, -0.2) is 10.6 Å². The van der Waals surface area contributed by atoms with E-state index >= 15 is 0 Å². The molecule has 0 saturated carbocycles. The molecule has 0 radical (unpaired) electrons. The Morgan fingerprint density at radius 3 is 2.80 bits per heavy atom. The van der Waals surface area contributed by atoms with E-state index in [2.05, 4.69) is 49.9 Å². The van der Waals surface area contributed by atoms with Gasteiger partial charge >= 0.3 is 0 Å². The van der Waals surface area contributed by atoms with Crippen molar-refractivity contribution >= 4 is 10.9 Å². The van der Waals surface area contributed by atoms with Crippen molar-refractivity contribution in [1.29, 1.82) is 0 Å². The number of aryl methyl sites for hydroxylation is 2. The van der Waals surface area contributed by atoms with Gasteiger partial charge < -0.3 is 10.3 Å². The van der Waals surface area contributed by atoms with Crippen LogP contribution in [0.4, 0.5) is 0 Å². The second-order valence-electron chi connectivity index (χ2n) is 4.47. The molecule has 2 nitrogen and oxygen atoms in total. The van der Waals surface area contributed by atoms with Crippen molar-refractivity contribution in [3.05, 3.63) is 35.5 Å². The minimum atomic E-state index is 0.219. The fourth-order valence-electron chi connectivity index (χ4n) is 2.10. The molecule has 0 bridgehead atoms. The number of aromatic nitrogens is 1. The first-order chi connectivity index (χ1) is 7.08. The molecule has 2 N–H and O–H groups in total. The third kappa shape index (κ3) is 1.90. The lowest BCUT2D eigenvalue weighted by Crippen LogP contribution is -2.17. The van der Waals surface area contributed by atoms with Gasteiger partial charge in [-0.1, -0.05) is 11.6 Å². The molecule has 1 aromatic heterocycles. The van der Waals surface area contributed by atoms with Gasteiger partial charge in [0.25, 0.3) is 0 Å². The average Bonchev–Trinajstić information content (AvgIpc) is 2.42. The number of rotatable bonds is 2. The fraction of sp³-hybridized carbons (Fsp3) is 0.385. The van der Waals surface area contributed by atoms with E-state index in [4.69, 9.17) is 5.73 Å². The van der Waals surface area contributed by atoms with Crippen LogP contribution >= 0.6 is 0 Å². The highest BCUT2D eigenvalue weighted by atomic mass is 14.9. The molecule has 1 aromatic carbocycles. The van der Waals surface area contributed by atoms with Crippen LogP contribution in [0, 0.1) is 6.92 Å². The Kier molecular flexibility index (Phi) is 2.53. The number of nitrogens with zero attached hydrogens (tertiary/aromatic N) is 1. The second kappa shape index (κ2) is 3.70. The highest BCUT2D eigenvalue weighted by molar-refractivity contribution is 5.84. The van der Waals surface area contributed by atoms with Crippen molar-refractivity contribution in [2.45, 2.75) is 26.3 Å². The maximum absolute atomic E-state index is 5.85. The standard InChI is InChI=1S/C13H18N2/c1-9-4-5-13-12(6-9)11(7-10(2)14)8-15(13)3/h4-6,8,10H,7,14H2,1-3H3. The fourth-order valence-corrected chi connectivity index (χ4v) is 2.10. The van der Waals surface area contributed by atoms with Crippen LogP contribution in [-0.2, 0) is 13.5 Å². The van der Waals surface area contributed by atoms with Gasteiger partial charge in [0.1, 0.15) is 0 Å². The van der Waals surface area contributed by atoms with Gasteiger partial charge in [0.05, 0.1) is 0 Å². The first-order valence-corrected chi connectivity index (χ1v) is 5.38. The maximum Gasteiger partial charge on any atom is 0.0480 e. The predicted molar refractivity (Wildman–Crippen MR) is 65.0 cm³/mol. The van der Waals surface area contributed by atoms with Crippen molar-refractivity contribution < 1.29 is 0 Å². The number of benzene rings is 1. The summed E-state index contributed by atoms with van der Waals surface area (Å²) in [5.74, 6) is 0. The van der Waals surface area contributed by atoms with E-state index in [1.165, 1.54) is 22.0 Å². The van der Waals surface area contributed by atoms with Gasteiger partial charge in [0, 0.05) is 30.2 Å². The van der Waals surface area contributed by atoms with Crippen molar-refractivity contribution in [2.24, 2.45) is 12.8 Å². The molecule has 2 heteroatoms. The first-order valence-electron chi connectivity index (χ1n) is 5.38. The molecule has 1 atom stereocenters. The molecule has 15 heavy (non-hydrogen) atoms. The van der Waals surface area contributed by atoms with Crippen molar-refractivity contribution in [2.75, 3.05) is 0 Å². The van der Waals surface area contributed by atoms with E-state index in [0.29, 0.717) is 0 Å². The van der Waals surface area contributed by atoms with Gasteiger partial charge in [-0.25, -0.2) is 0 Å². The monoisotopic (exact) mass is 202 g/mol. The summed E-state index contributed by atoms with van der Waals surface area (Å²) < 4.78 is 2.17. The first kappa shape index (κ1) is 10.2. The number of hydrogen-bond acceptors (Lipinski definition) is 1.